The molecule has 2 aliphatic rings. The number of fused-ring (bicyclic) bond motifs is 1. The molecule has 2 heterocycles. The molecule has 0 spiro atoms. The van der Waals surface area contributed by atoms with Gasteiger partial charge >= 0.3 is 6.03 Å². The van der Waals surface area contributed by atoms with Crippen molar-refractivity contribution in [2.75, 3.05) is 25.0 Å². The molecule has 0 radical (unpaired) electrons. The van der Waals surface area contributed by atoms with Gasteiger partial charge < -0.3 is 20.2 Å². The molecule has 5 rings (SSSR count). The number of halogens is 1. The Hall–Kier alpha value is -4.15. The second-order valence-electron chi connectivity index (χ2n) is 8.70. The highest BCUT2D eigenvalue weighted by atomic mass is 19.1. The predicted molar refractivity (Wildman–Crippen MR) is 130 cm³/mol. The minimum absolute atomic E-state index is 0.0687. The molecule has 0 aromatic heterocycles. The summed E-state index contributed by atoms with van der Waals surface area (Å²) in [6, 6.07) is 22.1. The molecule has 3 aromatic carbocycles. The number of aliphatic hydroxyl groups excluding tert-OH is 1. The van der Waals surface area contributed by atoms with E-state index < -0.39 is 11.8 Å². The van der Waals surface area contributed by atoms with Crippen LogP contribution in [0, 0.1) is 17.7 Å². The number of amides is 3. The third-order valence-corrected chi connectivity index (χ3v) is 6.56. The average molecular weight is 470 g/mol. The van der Waals surface area contributed by atoms with Gasteiger partial charge in [-0.2, -0.15) is 0 Å². The fourth-order valence-corrected chi connectivity index (χ4v) is 4.84. The summed E-state index contributed by atoms with van der Waals surface area (Å²) in [6.45, 7) is 0.126. The first-order chi connectivity index (χ1) is 17.0. The van der Waals surface area contributed by atoms with Gasteiger partial charge in [0.2, 0.25) is 5.91 Å². The largest absolute Gasteiger partial charge is 0.394 e. The van der Waals surface area contributed by atoms with Gasteiger partial charge in [0, 0.05) is 29.3 Å². The Balaban J connectivity index is 1.30. The van der Waals surface area contributed by atoms with Crippen LogP contribution in [0.5, 0.6) is 0 Å². The molecule has 2 fully saturated rings. The lowest BCUT2D eigenvalue weighted by Gasteiger charge is -2.58. The molecule has 0 saturated carbocycles. The highest BCUT2D eigenvalue weighted by Crippen LogP contribution is 2.43. The van der Waals surface area contributed by atoms with E-state index in [2.05, 4.69) is 17.2 Å². The zero-order valence-electron chi connectivity index (χ0n) is 18.9. The summed E-state index contributed by atoms with van der Waals surface area (Å²) in [5.41, 5.74) is 3.25. The van der Waals surface area contributed by atoms with Crippen molar-refractivity contribution in [1.29, 1.82) is 0 Å². The Kier molecular flexibility index (Phi) is 6.21. The summed E-state index contributed by atoms with van der Waals surface area (Å²) in [7, 11) is 0. The maximum Gasteiger partial charge on any atom is 0.322 e. The van der Waals surface area contributed by atoms with E-state index in [4.69, 9.17) is 0 Å². The van der Waals surface area contributed by atoms with Crippen LogP contribution >= 0.6 is 0 Å². The minimum Gasteiger partial charge on any atom is -0.394 e. The van der Waals surface area contributed by atoms with Gasteiger partial charge in [-0.05, 0) is 54.1 Å². The summed E-state index contributed by atoms with van der Waals surface area (Å²) in [6.07, 6.45) is 0. The SMILES string of the molecule is O=C(Nc1ccc(F)cc1)N1CC(=O)N2[C@H](C1)[C@@H](c1ccc(C#Cc3ccccc3)cc1)[C@@H]2CO. The van der Waals surface area contributed by atoms with Crippen molar-refractivity contribution < 1.29 is 19.1 Å². The molecule has 35 heavy (non-hydrogen) atoms. The van der Waals surface area contributed by atoms with Crippen molar-refractivity contribution in [1.82, 2.24) is 9.80 Å². The Morgan fingerprint density at radius 2 is 1.63 bits per heavy atom. The lowest BCUT2D eigenvalue weighted by atomic mass is 9.73. The van der Waals surface area contributed by atoms with Crippen LogP contribution in [0.15, 0.2) is 78.9 Å². The van der Waals surface area contributed by atoms with Gasteiger partial charge in [0.15, 0.2) is 0 Å². The second kappa shape index (κ2) is 9.61. The number of carbonyl (C=O) groups is 2. The lowest BCUT2D eigenvalue weighted by Crippen LogP contribution is -2.73. The first-order valence-corrected chi connectivity index (χ1v) is 11.4. The zero-order valence-corrected chi connectivity index (χ0v) is 18.9. The summed E-state index contributed by atoms with van der Waals surface area (Å²) in [4.78, 5) is 28.8. The van der Waals surface area contributed by atoms with Crippen molar-refractivity contribution in [3.63, 3.8) is 0 Å². The molecule has 176 valence electrons. The Bertz CT molecular complexity index is 1280. The summed E-state index contributed by atoms with van der Waals surface area (Å²) in [5, 5.41) is 12.7. The van der Waals surface area contributed by atoms with Gasteiger partial charge in [-0.15, -0.1) is 0 Å². The second-order valence-corrected chi connectivity index (χ2v) is 8.70. The smallest absolute Gasteiger partial charge is 0.322 e. The van der Waals surface area contributed by atoms with Crippen LogP contribution in [-0.4, -0.2) is 58.6 Å². The molecule has 2 N–H and O–H groups in total. The van der Waals surface area contributed by atoms with E-state index in [1.165, 1.54) is 29.2 Å². The molecular weight excluding hydrogens is 445 g/mol. The van der Waals surface area contributed by atoms with Crippen molar-refractivity contribution in [3.8, 4) is 11.8 Å². The molecule has 0 bridgehead atoms. The quantitative estimate of drug-likeness (QED) is 0.578. The maximum atomic E-state index is 13.2. The minimum atomic E-state index is -0.414. The number of piperazine rings is 1. The van der Waals surface area contributed by atoms with Gasteiger partial charge in [-0.3, -0.25) is 4.79 Å². The number of carbonyl (C=O) groups excluding carboxylic acids is 2. The van der Waals surface area contributed by atoms with Crippen LogP contribution in [0.4, 0.5) is 14.9 Å². The standard InChI is InChI=1S/C28H24FN3O3/c29-22-12-14-23(15-13-22)30-28(35)31-16-24-27(25(18-33)32(24)26(34)17-31)21-10-8-20(9-11-21)7-6-19-4-2-1-3-5-19/h1-5,8-15,24-25,27,33H,16-18H2,(H,30,35)/t24-,25+,27-/m1/s1. The van der Waals surface area contributed by atoms with E-state index in [0.29, 0.717) is 12.2 Å². The zero-order chi connectivity index (χ0) is 24.4. The molecular formula is C28H24FN3O3. The van der Waals surface area contributed by atoms with Crippen LogP contribution in [0.2, 0.25) is 0 Å². The summed E-state index contributed by atoms with van der Waals surface area (Å²) >= 11 is 0. The summed E-state index contributed by atoms with van der Waals surface area (Å²) in [5.74, 6) is 5.60. The molecule has 3 amide bonds. The lowest BCUT2D eigenvalue weighted by molar-refractivity contribution is -0.159. The number of urea groups is 1. The number of hydrogen-bond donors (Lipinski definition) is 2. The summed E-state index contributed by atoms with van der Waals surface area (Å²) < 4.78 is 13.2. The Morgan fingerprint density at radius 1 is 0.971 bits per heavy atom. The fourth-order valence-electron chi connectivity index (χ4n) is 4.84. The highest BCUT2D eigenvalue weighted by Gasteiger charge is 2.54. The first-order valence-electron chi connectivity index (χ1n) is 11.4. The third-order valence-electron chi connectivity index (χ3n) is 6.56. The molecule has 7 heteroatoms. The molecule has 0 unspecified atom stereocenters. The molecule has 2 aliphatic heterocycles. The number of benzene rings is 3. The van der Waals surface area contributed by atoms with Crippen LogP contribution in [0.3, 0.4) is 0 Å². The van der Waals surface area contributed by atoms with Crippen molar-refractivity contribution in [2.24, 2.45) is 0 Å². The Morgan fingerprint density at radius 3 is 2.29 bits per heavy atom. The molecule has 2 saturated heterocycles. The van der Waals surface area contributed by atoms with Crippen molar-refractivity contribution in [2.45, 2.75) is 18.0 Å². The van der Waals surface area contributed by atoms with E-state index in [1.54, 1.807) is 4.90 Å². The van der Waals surface area contributed by atoms with E-state index in [9.17, 15) is 19.1 Å². The van der Waals surface area contributed by atoms with E-state index in [0.717, 1.165) is 16.7 Å². The van der Waals surface area contributed by atoms with Crippen LogP contribution in [-0.2, 0) is 4.79 Å². The van der Waals surface area contributed by atoms with Crippen molar-refractivity contribution >= 4 is 17.6 Å². The number of nitrogens with one attached hydrogen (secondary N) is 1. The molecule has 0 aliphatic carbocycles. The molecule has 6 nitrogen and oxygen atoms in total. The van der Waals surface area contributed by atoms with Gasteiger partial charge in [-0.1, -0.05) is 42.2 Å². The van der Waals surface area contributed by atoms with E-state index >= 15 is 0 Å². The van der Waals surface area contributed by atoms with Crippen molar-refractivity contribution in [3.05, 3.63) is 101 Å². The number of aliphatic hydroxyl groups is 1. The monoisotopic (exact) mass is 469 g/mol. The fraction of sp³-hybridized carbons (Fsp3) is 0.214. The van der Waals surface area contributed by atoms with Crippen LogP contribution < -0.4 is 5.32 Å². The first kappa shape index (κ1) is 22.6. The highest BCUT2D eigenvalue weighted by molar-refractivity contribution is 5.93. The van der Waals surface area contributed by atoms with Gasteiger partial charge in [0.25, 0.3) is 0 Å². The maximum absolute atomic E-state index is 13.2. The van der Waals surface area contributed by atoms with E-state index in [-0.39, 0.29) is 37.1 Å². The number of hydrogen-bond acceptors (Lipinski definition) is 3. The van der Waals surface area contributed by atoms with Gasteiger partial charge in [0.1, 0.15) is 12.4 Å². The average Bonchev–Trinajstić information content (AvgIpc) is 2.86. The molecule has 3 aromatic rings. The topological polar surface area (TPSA) is 72.9 Å². The predicted octanol–water partition coefficient (Wildman–Crippen LogP) is 3.43. The van der Waals surface area contributed by atoms with Crippen LogP contribution in [0.25, 0.3) is 0 Å². The number of nitrogens with zero attached hydrogens (tertiary/aromatic N) is 2. The van der Waals surface area contributed by atoms with E-state index in [1.807, 2.05) is 54.6 Å². The van der Waals surface area contributed by atoms with Crippen LogP contribution in [0.1, 0.15) is 22.6 Å². The molecule has 3 atom stereocenters. The van der Waals surface area contributed by atoms with Gasteiger partial charge in [0.05, 0.1) is 18.7 Å². The van der Waals surface area contributed by atoms with Gasteiger partial charge in [-0.25, -0.2) is 9.18 Å². The third kappa shape index (κ3) is 4.61. The number of rotatable bonds is 3. The Labute approximate surface area is 203 Å². The normalized spacial score (nSPS) is 20.9. The number of anilines is 1.